The molecule has 0 aromatic heterocycles. The topological polar surface area (TPSA) is 37.3 Å². The van der Waals surface area contributed by atoms with E-state index in [9.17, 15) is 4.79 Å². The number of rotatable bonds is 2. The van der Waals surface area contributed by atoms with Gasteiger partial charge in [0.25, 0.3) is 0 Å². The van der Waals surface area contributed by atoms with Crippen molar-refractivity contribution in [3.63, 3.8) is 0 Å². The van der Waals surface area contributed by atoms with Crippen molar-refractivity contribution in [2.75, 3.05) is 0 Å². The molecule has 0 bridgehead atoms. The molecular weight excluding hydrogens is 234 g/mol. The van der Waals surface area contributed by atoms with E-state index in [-0.39, 0.29) is 10.9 Å². The van der Waals surface area contributed by atoms with Crippen LogP contribution in [0.3, 0.4) is 0 Å². The first-order valence-electron chi connectivity index (χ1n) is 2.96. The molecule has 0 spiro atoms. The second-order valence-corrected chi connectivity index (χ2v) is 2.79. The summed E-state index contributed by atoms with van der Waals surface area (Å²) in [6.45, 7) is 9.43. The zero-order chi connectivity index (χ0) is 11.3. The van der Waals surface area contributed by atoms with E-state index in [2.05, 4.69) is 19.7 Å². The zero-order valence-corrected chi connectivity index (χ0v) is 9.24. The third-order valence-corrected chi connectivity index (χ3v) is 0.319. The smallest absolute Gasteiger partial charge is 0.307 e. The second-order valence-electron chi connectivity index (χ2n) is 1.38. The maximum atomic E-state index is 9.53. The summed E-state index contributed by atoms with van der Waals surface area (Å²) in [5, 5.41) is 7.84. The fourth-order valence-corrected chi connectivity index (χ4v) is 0.123. The predicted octanol–water partition coefficient (Wildman–Crippen LogP) is 3.95. The van der Waals surface area contributed by atoms with E-state index in [0.717, 1.165) is 0 Å². The maximum absolute atomic E-state index is 9.53. The van der Waals surface area contributed by atoms with E-state index in [4.69, 9.17) is 39.9 Å². The molecule has 1 N–H and O–H groups in total. The molecule has 0 amide bonds. The first kappa shape index (κ1) is 18.4. The Hall–Kier alpha value is -0.440. The lowest BCUT2D eigenvalue weighted by atomic mass is 10.4. The van der Waals surface area contributed by atoms with Gasteiger partial charge < -0.3 is 5.11 Å². The van der Waals surface area contributed by atoms with Crippen molar-refractivity contribution in [1.82, 2.24) is 0 Å². The summed E-state index contributed by atoms with van der Waals surface area (Å²) in [6, 6.07) is 0. The molecule has 2 nitrogen and oxygen atoms in total. The first-order chi connectivity index (χ1) is 5.92. The molecule has 0 saturated heterocycles. The van der Waals surface area contributed by atoms with Gasteiger partial charge in [0.15, 0.2) is 0 Å². The highest BCUT2D eigenvalue weighted by Gasteiger charge is 1.84. The molecule has 5 heteroatoms. The average Bonchev–Trinajstić information content (AvgIpc) is 1.86. The van der Waals surface area contributed by atoms with Gasteiger partial charge in [-0.15, -0.1) is 6.58 Å². The highest BCUT2D eigenvalue weighted by Crippen LogP contribution is 1.98. The van der Waals surface area contributed by atoms with Crippen LogP contribution in [0.15, 0.2) is 35.8 Å². The van der Waals surface area contributed by atoms with Gasteiger partial charge in [0.2, 0.25) is 0 Å². The number of hydrogen-bond donors (Lipinski definition) is 1. The highest BCUT2D eigenvalue weighted by atomic mass is 35.5. The molecule has 76 valence electrons. The molecule has 0 atom stereocenters. The molecular formula is C8H11Cl3O2. The Bertz CT molecular complexity index is 163. The second kappa shape index (κ2) is 17.6. The van der Waals surface area contributed by atoms with Crippen LogP contribution in [0.1, 0.15) is 6.42 Å². The van der Waals surface area contributed by atoms with E-state index < -0.39 is 5.97 Å². The minimum Gasteiger partial charge on any atom is -0.481 e. The van der Waals surface area contributed by atoms with Gasteiger partial charge >= 0.3 is 5.97 Å². The van der Waals surface area contributed by atoms with Crippen LogP contribution >= 0.6 is 34.8 Å². The van der Waals surface area contributed by atoms with Crippen molar-refractivity contribution < 1.29 is 9.90 Å². The molecule has 0 aromatic carbocycles. The maximum Gasteiger partial charge on any atom is 0.307 e. The standard InChI is InChI=1S/C4H6O2.C2H2Cl2.C2H3Cl/c1-2-3-4(5)6;1-2(3)4;1-2-3/h2H,1,3H2,(H,5,6);1H2;2H,1H2. The van der Waals surface area contributed by atoms with Gasteiger partial charge in [-0.1, -0.05) is 54.0 Å². The van der Waals surface area contributed by atoms with Crippen LogP contribution in [-0.2, 0) is 4.79 Å². The Morgan fingerprint density at radius 1 is 1.38 bits per heavy atom. The third kappa shape index (κ3) is 161. The summed E-state index contributed by atoms with van der Waals surface area (Å²) < 4.78 is 0.111. The normalized spacial score (nSPS) is 6.38. The van der Waals surface area contributed by atoms with E-state index in [1.165, 1.54) is 11.6 Å². The molecule has 0 rings (SSSR count). The predicted molar refractivity (Wildman–Crippen MR) is 59.3 cm³/mol. The Kier molecular flexibility index (Phi) is 24.9. The van der Waals surface area contributed by atoms with Crippen molar-refractivity contribution in [3.8, 4) is 0 Å². The summed E-state index contributed by atoms with van der Waals surface area (Å²) >= 11 is 14.5. The Morgan fingerprint density at radius 2 is 1.62 bits per heavy atom. The third-order valence-electron chi connectivity index (χ3n) is 0.319. The molecule has 0 aliphatic carbocycles. The molecule has 0 heterocycles. The van der Waals surface area contributed by atoms with Crippen LogP contribution in [0, 0.1) is 0 Å². The summed E-state index contributed by atoms with van der Waals surface area (Å²) in [4.78, 5) is 9.53. The summed E-state index contributed by atoms with van der Waals surface area (Å²) in [7, 11) is 0. The zero-order valence-electron chi connectivity index (χ0n) is 6.97. The quantitative estimate of drug-likeness (QED) is 0.748. The minimum atomic E-state index is -0.829. The van der Waals surface area contributed by atoms with Crippen LogP contribution in [0.25, 0.3) is 0 Å². The van der Waals surface area contributed by atoms with Crippen molar-refractivity contribution in [1.29, 1.82) is 0 Å². The number of carbonyl (C=O) groups is 1. The van der Waals surface area contributed by atoms with E-state index in [0.29, 0.717) is 0 Å². The first-order valence-corrected chi connectivity index (χ1v) is 4.15. The molecule has 0 aliphatic rings. The summed E-state index contributed by atoms with van der Waals surface area (Å²) in [5.41, 5.74) is 1.22. The number of halogens is 3. The SMILES string of the molecule is C=C(Cl)Cl.C=CCC(=O)O.C=CCl. The van der Waals surface area contributed by atoms with Gasteiger partial charge in [0.1, 0.15) is 0 Å². The van der Waals surface area contributed by atoms with E-state index >= 15 is 0 Å². The van der Waals surface area contributed by atoms with Crippen molar-refractivity contribution in [2.45, 2.75) is 6.42 Å². The largest absolute Gasteiger partial charge is 0.481 e. The van der Waals surface area contributed by atoms with E-state index in [1.807, 2.05) is 0 Å². The van der Waals surface area contributed by atoms with Gasteiger partial charge in [-0.2, -0.15) is 0 Å². The van der Waals surface area contributed by atoms with Gasteiger partial charge in [0.05, 0.1) is 10.9 Å². The van der Waals surface area contributed by atoms with Crippen LogP contribution in [0.5, 0.6) is 0 Å². The van der Waals surface area contributed by atoms with Crippen molar-refractivity contribution in [3.05, 3.63) is 35.8 Å². The summed E-state index contributed by atoms with van der Waals surface area (Å²) in [6.07, 6.45) is 1.41. The molecule has 0 radical (unpaired) electrons. The van der Waals surface area contributed by atoms with Gasteiger partial charge in [-0.05, 0) is 5.54 Å². The number of carboxylic acid groups (broad SMARTS) is 1. The number of aliphatic carboxylic acids is 1. The van der Waals surface area contributed by atoms with Crippen molar-refractivity contribution in [2.24, 2.45) is 0 Å². The van der Waals surface area contributed by atoms with Gasteiger partial charge in [0, 0.05) is 0 Å². The lowest BCUT2D eigenvalue weighted by molar-refractivity contribution is -0.135. The lowest BCUT2D eigenvalue weighted by Crippen LogP contribution is -1.88. The Balaban J connectivity index is -0.000000125. The fraction of sp³-hybridized carbons (Fsp3) is 0.125. The lowest BCUT2D eigenvalue weighted by Gasteiger charge is -1.75. The van der Waals surface area contributed by atoms with Crippen LogP contribution in [-0.4, -0.2) is 11.1 Å². The van der Waals surface area contributed by atoms with Gasteiger partial charge in [-0.25, -0.2) is 0 Å². The van der Waals surface area contributed by atoms with Crippen LogP contribution < -0.4 is 0 Å². The van der Waals surface area contributed by atoms with Crippen LogP contribution in [0.2, 0.25) is 0 Å². The molecule has 0 aliphatic heterocycles. The monoisotopic (exact) mass is 244 g/mol. The Morgan fingerprint density at radius 3 is 1.62 bits per heavy atom. The number of hydrogen-bond acceptors (Lipinski definition) is 1. The molecule has 13 heavy (non-hydrogen) atoms. The average molecular weight is 246 g/mol. The van der Waals surface area contributed by atoms with E-state index in [1.54, 1.807) is 0 Å². The highest BCUT2D eigenvalue weighted by molar-refractivity contribution is 6.55. The molecule has 0 saturated carbocycles. The number of carboxylic acids is 1. The summed E-state index contributed by atoms with van der Waals surface area (Å²) in [5.74, 6) is -0.829. The Labute approximate surface area is 93.1 Å². The van der Waals surface area contributed by atoms with Crippen molar-refractivity contribution >= 4 is 40.8 Å². The van der Waals surface area contributed by atoms with Crippen LogP contribution in [0.4, 0.5) is 0 Å². The minimum absolute atomic E-state index is 0.0556. The molecule has 0 aromatic rings. The van der Waals surface area contributed by atoms with Gasteiger partial charge in [-0.3, -0.25) is 4.79 Å². The fourth-order valence-electron chi connectivity index (χ4n) is 0.123. The molecule has 0 unspecified atom stereocenters. The molecule has 0 fully saturated rings.